The molecule has 1 rings (SSSR count). The first-order valence-electron chi connectivity index (χ1n) is 13.5. The maximum atomic E-state index is 12.8. The number of halogens is 2. The first-order valence-corrected chi connectivity index (χ1v) is 13.5. The van der Waals surface area contributed by atoms with E-state index in [2.05, 4.69) is 31.4 Å². The van der Waals surface area contributed by atoms with Crippen LogP contribution >= 0.6 is 0 Å². The summed E-state index contributed by atoms with van der Waals surface area (Å²) >= 11 is 0. The van der Waals surface area contributed by atoms with E-state index in [1.54, 1.807) is 19.1 Å². The number of nitrogens with zero attached hydrogens (tertiary/aromatic N) is 1. The van der Waals surface area contributed by atoms with Crippen molar-refractivity contribution in [3.05, 3.63) is 95.3 Å². The maximum Gasteiger partial charge on any atom is 0.264 e. The molecule has 0 aliphatic rings. The van der Waals surface area contributed by atoms with Crippen LogP contribution in [0.2, 0.25) is 0 Å². The Morgan fingerprint density at radius 2 is 1.90 bits per heavy atom. The van der Waals surface area contributed by atoms with Crippen LogP contribution in [0.1, 0.15) is 77.3 Å². The van der Waals surface area contributed by atoms with Crippen LogP contribution in [0.25, 0.3) is 5.57 Å². The molecule has 39 heavy (non-hydrogen) atoms. The molecule has 0 aliphatic heterocycles. The number of unbranched alkanes of at least 4 members (excludes halogenated alkanes) is 1. The summed E-state index contributed by atoms with van der Waals surface area (Å²) in [5, 5.41) is 9.47. The molecule has 1 aromatic rings. The number of nitriles is 1. The second-order valence-corrected chi connectivity index (χ2v) is 9.57. The number of allylic oxidation sites excluding steroid dienone is 8. The fourth-order valence-corrected chi connectivity index (χ4v) is 3.76. The molecule has 4 nitrogen and oxygen atoms in total. The van der Waals surface area contributed by atoms with Gasteiger partial charge in [-0.05, 0) is 102 Å². The van der Waals surface area contributed by atoms with Crippen LogP contribution in [0, 0.1) is 11.3 Å². The van der Waals surface area contributed by atoms with Crippen molar-refractivity contribution in [2.75, 3.05) is 13.2 Å². The zero-order valence-corrected chi connectivity index (χ0v) is 23.9. The molecule has 212 valence electrons. The highest BCUT2D eigenvalue weighted by atomic mass is 19.3. The summed E-state index contributed by atoms with van der Waals surface area (Å²) in [6, 6.07) is 7.51. The van der Waals surface area contributed by atoms with Crippen LogP contribution in [-0.4, -0.2) is 25.7 Å². The number of nitrogens with two attached hydrogens (primary N) is 1. The second-order valence-electron chi connectivity index (χ2n) is 9.57. The Balaban J connectivity index is 3.01. The minimum absolute atomic E-state index is 0.291. The van der Waals surface area contributed by atoms with Gasteiger partial charge in [-0.2, -0.15) is 5.26 Å². The maximum absolute atomic E-state index is 12.8. The van der Waals surface area contributed by atoms with Crippen molar-refractivity contribution in [3.8, 4) is 11.8 Å². The van der Waals surface area contributed by atoms with E-state index in [1.165, 1.54) is 5.57 Å². The standard InChI is InChI=1S/C33H44F2N2O2/c1-7-27(17-18-36)14-11-13-26(6)30-16-15-28(23-37)22-32(30)39-29(20-24(3)4)21-25(5)12-9-10-19-38-31(8-2)33(34)35/h7,11,14-16,20-22,31,33H,5-6,8-10,12-13,17-19,36H2,1-4H3/b14-11-,27-7+,29-21+. The molecule has 0 bridgehead atoms. The lowest BCUT2D eigenvalue weighted by Crippen LogP contribution is -2.21. The number of rotatable bonds is 18. The molecular weight excluding hydrogens is 494 g/mol. The lowest BCUT2D eigenvalue weighted by Gasteiger charge is -2.15. The molecule has 0 spiro atoms. The van der Waals surface area contributed by atoms with Crippen molar-refractivity contribution in [1.82, 2.24) is 0 Å². The summed E-state index contributed by atoms with van der Waals surface area (Å²) in [5.74, 6) is 1.14. The Labute approximate surface area is 233 Å². The number of hydrogen-bond acceptors (Lipinski definition) is 4. The molecule has 1 aromatic carbocycles. The van der Waals surface area contributed by atoms with Crippen LogP contribution < -0.4 is 10.5 Å². The normalized spacial score (nSPS) is 12.9. The Bertz CT molecular complexity index is 1100. The zero-order chi connectivity index (χ0) is 29.2. The highest BCUT2D eigenvalue weighted by molar-refractivity contribution is 5.71. The molecule has 1 atom stereocenters. The molecule has 0 aliphatic carbocycles. The average molecular weight is 539 g/mol. The van der Waals surface area contributed by atoms with Gasteiger partial charge in [-0.25, -0.2) is 8.78 Å². The van der Waals surface area contributed by atoms with Gasteiger partial charge < -0.3 is 15.2 Å². The molecule has 0 heterocycles. The van der Waals surface area contributed by atoms with E-state index in [-0.39, 0.29) is 0 Å². The Kier molecular flexibility index (Phi) is 16.4. The summed E-state index contributed by atoms with van der Waals surface area (Å²) in [4.78, 5) is 0. The SMILES string of the molecule is C=C(/C=C(\C=C(C)C)Oc1cc(C#N)ccc1C(=C)C/C=C\C(=C/C)CCN)CCCCOC(CC)C(F)F. The van der Waals surface area contributed by atoms with Gasteiger partial charge in [-0.15, -0.1) is 0 Å². The average Bonchev–Trinajstić information content (AvgIpc) is 2.89. The molecule has 6 heteroatoms. The van der Waals surface area contributed by atoms with Crippen molar-refractivity contribution in [2.45, 2.75) is 78.7 Å². The number of alkyl halides is 2. The van der Waals surface area contributed by atoms with E-state index in [4.69, 9.17) is 15.2 Å². The summed E-state index contributed by atoms with van der Waals surface area (Å²) in [5.41, 5.74) is 10.9. The van der Waals surface area contributed by atoms with Gasteiger partial charge in [0.15, 0.2) is 0 Å². The zero-order valence-electron chi connectivity index (χ0n) is 23.9. The third-order valence-corrected chi connectivity index (χ3v) is 5.90. The van der Waals surface area contributed by atoms with E-state index < -0.39 is 12.5 Å². The van der Waals surface area contributed by atoms with Gasteiger partial charge in [-0.1, -0.05) is 55.0 Å². The highest BCUT2D eigenvalue weighted by Gasteiger charge is 2.18. The first-order chi connectivity index (χ1) is 18.6. The van der Waals surface area contributed by atoms with Crippen LogP contribution in [-0.2, 0) is 4.74 Å². The summed E-state index contributed by atoms with van der Waals surface area (Å²) < 4.78 is 37.3. The first kappa shape index (κ1) is 33.8. The molecule has 0 aromatic heterocycles. The number of benzene rings is 1. The van der Waals surface area contributed by atoms with Crippen LogP contribution in [0.15, 0.2) is 84.2 Å². The van der Waals surface area contributed by atoms with E-state index in [1.807, 2.05) is 45.1 Å². The van der Waals surface area contributed by atoms with E-state index in [0.29, 0.717) is 55.9 Å². The fourth-order valence-electron chi connectivity index (χ4n) is 3.76. The lowest BCUT2D eigenvalue weighted by atomic mass is 10.0. The van der Waals surface area contributed by atoms with Gasteiger partial charge in [0.2, 0.25) is 0 Å². The number of hydrogen-bond donors (Lipinski definition) is 1. The van der Waals surface area contributed by atoms with Crippen molar-refractivity contribution in [1.29, 1.82) is 5.26 Å². The monoisotopic (exact) mass is 538 g/mol. The summed E-state index contributed by atoms with van der Waals surface area (Å²) in [7, 11) is 0. The minimum atomic E-state index is -2.46. The van der Waals surface area contributed by atoms with E-state index >= 15 is 0 Å². The molecule has 0 amide bonds. The predicted octanol–water partition coefficient (Wildman–Crippen LogP) is 8.83. The van der Waals surface area contributed by atoms with Crippen LogP contribution in [0.5, 0.6) is 5.75 Å². The van der Waals surface area contributed by atoms with Crippen molar-refractivity contribution in [3.63, 3.8) is 0 Å². The van der Waals surface area contributed by atoms with Crippen LogP contribution in [0.3, 0.4) is 0 Å². The third-order valence-electron chi connectivity index (χ3n) is 5.90. The third kappa shape index (κ3) is 13.4. The lowest BCUT2D eigenvalue weighted by molar-refractivity contribution is -0.0577. The highest BCUT2D eigenvalue weighted by Crippen LogP contribution is 2.31. The van der Waals surface area contributed by atoms with E-state index in [9.17, 15) is 14.0 Å². The van der Waals surface area contributed by atoms with Gasteiger partial charge in [0.25, 0.3) is 6.43 Å². The van der Waals surface area contributed by atoms with Gasteiger partial charge in [0, 0.05) is 12.2 Å². The van der Waals surface area contributed by atoms with Gasteiger partial charge in [0.1, 0.15) is 17.6 Å². The summed E-state index contributed by atoms with van der Waals surface area (Å²) in [6.45, 7) is 16.9. The van der Waals surface area contributed by atoms with Crippen molar-refractivity contribution in [2.24, 2.45) is 5.73 Å². The van der Waals surface area contributed by atoms with Gasteiger partial charge in [0.05, 0.1) is 11.6 Å². The Morgan fingerprint density at radius 3 is 2.49 bits per heavy atom. The Morgan fingerprint density at radius 1 is 1.15 bits per heavy atom. The molecule has 0 fully saturated rings. The topological polar surface area (TPSA) is 68.3 Å². The minimum Gasteiger partial charge on any atom is -0.457 e. The predicted molar refractivity (Wildman–Crippen MR) is 159 cm³/mol. The molecule has 0 saturated heterocycles. The van der Waals surface area contributed by atoms with Crippen LogP contribution in [0.4, 0.5) is 8.78 Å². The molecule has 0 saturated carbocycles. The smallest absolute Gasteiger partial charge is 0.264 e. The second kappa shape index (κ2) is 18.9. The molecular formula is C33H44F2N2O2. The largest absolute Gasteiger partial charge is 0.457 e. The van der Waals surface area contributed by atoms with Crippen molar-refractivity contribution < 1.29 is 18.3 Å². The van der Waals surface area contributed by atoms with Gasteiger partial charge >= 0.3 is 0 Å². The Hall–Kier alpha value is -3.27. The van der Waals surface area contributed by atoms with Crippen molar-refractivity contribution >= 4 is 5.57 Å². The van der Waals surface area contributed by atoms with Gasteiger partial charge in [-0.3, -0.25) is 0 Å². The molecule has 1 unspecified atom stereocenters. The quantitative estimate of drug-likeness (QED) is 0.115. The fraction of sp³-hybridized carbons (Fsp3) is 0.424. The number of ether oxygens (including phenoxy) is 2. The summed E-state index contributed by atoms with van der Waals surface area (Å²) in [6.07, 6.45) is 10.3. The molecule has 2 N–H and O–H groups in total. The van der Waals surface area contributed by atoms with E-state index in [0.717, 1.165) is 35.1 Å². The molecule has 0 radical (unpaired) electrons.